The van der Waals surface area contributed by atoms with Crippen LogP contribution in [0.3, 0.4) is 0 Å². The average Bonchev–Trinajstić information content (AvgIpc) is 2.11. The van der Waals surface area contributed by atoms with E-state index in [2.05, 4.69) is 48.1 Å². The van der Waals surface area contributed by atoms with E-state index in [4.69, 9.17) is 4.43 Å². The first-order valence-electron chi connectivity index (χ1n) is 6.05. The third-order valence-electron chi connectivity index (χ3n) is 3.40. The predicted molar refractivity (Wildman–Crippen MR) is 72.0 cm³/mol. The molecule has 0 saturated carbocycles. The van der Waals surface area contributed by atoms with Crippen molar-refractivity contribution < 1.29 is 9.22 Å². The Morgan fingerprint density at radius 2 is 1.31 bits per heavy atom. The smallest absolute Gasteiger partial charge is 0.258 e. The first-order valence-corrected chi connectivity index (χ1v) is 8.19. The highest BCUT2D eigenvalue weighted by Crippen LogP contribution is 2.43. The van der Waals surface area contributed by atoms with Crippen LogP contribution in [0.2, 0.25) is 16.6 Å². The maximum absolute atomic E-state index is 11.3. The predicted octanol–water partition coefficient (Wildman–Crippen LogP) is 4.28. The van der Waals surface area contributed by atoms with Gasteiger partial charge in [0.1, 0.15) is 5.76 Å². The Hall–Kier alpha value is -0.573. The standard InChI is InChI=1S/C13H26O2Si/c1-9(2)16(10(3)4,11(5)6)15-13(8)12(7)14/h9-11H,8H2,1-7H3. The van der Waals surface area contributed by atoms with Crippen LogP contribution >= 0.6 is 0 Å². The SMILES string of the molecule is C=C(O[Si](C(C)C)(C(C)C)C(C)C)C(C)=O. The van der Waals surface area contributed by atoms with Gasteiger partial charge in [-0.25, -0.2) is 0 Å². The fourth-order valence-corrected chi connectivity index (χ4v) is 7.92. The van der Waals surface area contributed by atoms with Crippen LogP contribution in [-0.2, 0) is 9.22 Å². The average molecular weight is 242 g/mol. The van der Waals surface area contributed by atoms with Gasteiger partial charge < -0.3 is 4.43 Å². The molecule has 0 fully saturated rings. The lowest BCUT2D eigenvalue weighted by Crippen LogP contribution is -2.47. The van der Waals surface area contributed by atoms with Gasteiger partial charge in [0, 0.05) is 6.92 Å². The van der Waals surface area contributed by atoms with Crippen LogP contribution in [0.1, 0.15) is 48.5 Å². The minimum atomic E-state index is -1.97. The van der Waals surface area contributed by atoms with E-state index in [1.54, 1.807) is 0 Å². The van der Waals surface area contributed by atoms with Crippen molar-refractivity contribution in [2.24, 2.45) is 0 Å². The van der Waals surface area contributed by atoms with Crippen LogP contribution in [0.5, 0.6) is 0 Å². The minimum Gasteiger partial charge on any atom is -0.541 e. The summed E-state index contributed by atoms with van der Waals surface area (Å²) in [7, 11) is -1.97. The van der Waals surface area contributed by atoms with Crippen molar-refractivity contribution in [3.63, 3.8) is 0 Å². The van der Waals surface area contributed by atoms with Gasteiger partial charge in [-0.15, -0.1) is 0 Å². The zero-order valence-electron chi connectivity index (χ0n) is 11.8. The molecule has 0 aliphatic heterocycles. The molecule has 0 aromatic heterocycles. The van der Waals surface area contributed by atoms with Crippen LogP contribution < -0.4 is 0 Å². The van der Waals surface area contributed by atoms with E-state index in [0.717, 1.165) is 0 Å². The highest BCUT2D eigenvalue weighted by molar-refractivity contribution is 6.78. The zero-order valence-corrected chi connectivity index (χ0v) is 12.8. The Bertz CT molecular complexity index is 245. The monoisotopic (exact) mass is 242 g/mol. The highest BCUT2D eigenvalue weighted by atomic mass is 28.4. The first kappa shape index (κ1) is 15.4. The number of hydrogen-bond donors (Lipinski definition) is 0. The van der Waals surface area contributed by atoms with Crippen molar-refractivity contribution in [2.45, 2.75) is 65.1 Å². The molecule has 0 aliphatic carbocycles. The molecule has 0 unspecified atom stereocenters. The molecule has 94 valence electrons. The number of rotatable bonds is 6. The van der Waals surface area contributed by atoms with Crippen molar-refractivity contribution >= 4 is 14.1 Å². The van der Waals surface area contributed by atoms with Crippen LogP contribution in [0.4, 0.5) is 0 Å². The molecule has 16 heavy (non-hydrogen) atoms. The maximum atomic E-state index is 11.3. The summed E-state index contributed by atoms with van der Waals surface area (Å²) in [5.41, 5.74) is 1.43. The molecule has 0 amide bonds. The Labute approximate surface area is 101 Å². The fourth-order valence-electron chi connectivity index (χ4n) is 2.64. The summed E-state index contributed by atoms with van der Waals surface area (Å²) in [6.07, 6.45) is 0. The number of carbonyl (C=O) groups is 1. The Morgan fingerprint density at radius 3 is 1.50 bits per heavy atom. The van der Waals surface area contributed by atoms with E-state index in [-0.39, 0.29) is 5.78 Å². The summed E-state index contributed by atoms with van der Waals surface area (Å²) in [4.78, 5) is 11.3. The summed E-state index contributed by atoms with van der Waals surface area (Å²) in [6.45, 7) is 18.4. The quantitative estimate of drug-likeness (QED) is 0.395. The topological polar surface area (TPSA) is 26.3 Å². The molecule has 0 heterocycles. The Balaban J connectivity index is 5.21. The molecular formula is C13H26O2Si. The summed E-state index contributed by atoms with van der Waals surface area (Å²) >= 11 is 0. The summed E-state index contributed by atoms with van der Waals surface area (Å²) in [5.74, 6) is 0.279. The maximum Gasteiger partial charge on any atom is 0.258 e. The van der Waals surface area contributed by atoms with Crippen molar-refractivity contribution in [3.05, 3.63) is 12.3 Å². The lowest BCUT2D eigenvalue weighted by Gasteiger charge is -2.42. The number of hydrogen-bond acceptors (Lipinski definition) is 2. The van der Waals surface area contributed by atoms with Gasteiger partial charge in [-0.1, -0.05) is 48.1 Å². The number of carbonyl (C=O) groups excluding carboxylic acids is 1. The first-order chi connectivity index (χ1) is 7.16. The molecule has 0 spiro atoms. The van der Waals surface area contributed by atoms with Gasteiger partial charge in [0.2, 0.25) is 0 Å². The summed E-state index contributed by atoms with van der Waals surface area (Å²) in [6, 6.07) is 0. The second-order valence-corrected chi connectivity index (χ2v) is 10.8. The van der Waals surface area contributed by atoms with Crippen LogP contribution in [0.15, 0.2) is 12.3 Å². The zero-order chi connectivity index (χ0) is 13.1. The van der Waals surface area contributed by atoms with Gasteiger partial charge in [-0.2, -0.15) is 0 Å². The van der Waals surface area contributed by atoms with Gasteiger partial charge >= 0.3 is 0 Å². The summed E-state index contributed by atoms with van der Waals surface area (Å²) in [5, 5.41) is 0. The molecule has 3 heteroatoms. The molecule has 0 saturated heterocycles. The van der Waals surface area contributed by atoms with Gasteiger partial charge in [0.15, 0.2) is 5.78 Å². The van der Waals surface area contributed by atoms with Gasteiger partial charge in [-0.05, 0) is 16.6 Å². The molecule has 0 radical (unpaired) electrons. The van der Waals surface area contributed by atoms with Crippen molar-refractivity contribution in [1.82, 2.24) is 0 Å². The Morgan fingerprint density at radius 1 is 1.00 bits per heavy atom. The largest absolute Gasteiger partial charge is 0.541 e. The minimum absolute atomic E-state index is 0.0566. The van der Waals surface area contributed by atoms with E-state index >= 15 is 0 Å². The molecule has 0 N–H and O–H groups in total. The van der Waals surface area contributed by atoms with E-state index in [1.807, 2.05) is 0 Å². The molecule has 0 aromatic carbocycles. The molecule has 0 bridgehead atoms. The molecule has 0 rings (SSSR count). The van der Waals surface area contributed by atoms with Gasteiger partial charge in [0.05, 0.1) is 0 Å². The molecule has 0 aliphatic rings. The van der Waals surface area contributed by atoms with Crippen molar-refractivity contribution in [3.8, 4) is 0 Å². The molecular weight excluding hydrogens is 216 g/mol. The normalized spacial score (nSPS) is 12.4. The van der Waals surface area contributed by atoms with Crippen LogP contribution in [-0.4, -0.2) is 14.1 Å². The van der Waals surface area contributed by atoms with Crippen molar-refractivity contribution in [1.29, 1.82) is 0 Å². The lowest BCUT2D eigenvalue weighted by atomic mass is 10.4. The molecule has 2 nitrogen and oxygen atoms in total. The Kier molecular flexibility index (Phi) is 5.46. The third kappa shape index (κ3) is 2.97. The second kappa shape index (κ2) is 5.67. The van der Waals surface area contributed by atoms with Crippen molar-refractivity contribution in [2.75, 3.05) is 0 Å². The van der Waals surface area contributed by atoms with Gasteiger partial charge in [0.25, 0.3) is 8.32 Å². The van der Waals surface area contributed by atoms with E-state index in [9.17, 15) is 4.79 Å². The van der Waals surface area contributed by atoms with E-state index in [1.165, 1.54) is 6.92 Å². The fraction of sp³-hybridized carbons (Fsp3) is 0.769. The molecule has 0 aromatic rings. The van der Waals surface area contributed by atoms with Gasteiger partial charge in [-0.3, -0.25) is 4.79 Å². The highest BCUT2D eigenvalue weighted by Gasteiger charge is 2.47. The third-order valence-corrected chi connectivity index (χ3v) is 9.41. The lowest BCUT2D eigenvalue weighted by molar-refractivity contribution is -0.115. The van der Waals surface area contributed by atoms with E-state index in [0.29, 0.717) is 22.4 Å². The van der Waals surface area contributed by atoms with Crippen LogP contribution in [0, 0.1) is 0 Å². The number of allylic oxidation sites excluding steroid dienone is 1. The number of Topliss-reactive ketones (excluding diaryl/α,β-unsaturated/α-hetero) is 1. The van der Waals surface area contributed by atoms with E-state index < -0.39 is 8.32 Å². The summed E-state index contributed by atoms with van der Waals surface area (Å²) < 4.78 is 6.08. The second-order valence-electron chi connectivity index (χ2n) is 5.40. The molecule has 0 atom stereocenters. The van der Waals surface area contributed by atoms with Crippen LogP contribution in [0.25, 0.3) is 0 Å². The number of ketones is 1.